The molecular weight excluding hydrogens is 252 g/mol. The van der Waals surface area contributed by atoms with Crippen LogP contribution in [0.1, 0.15) is 15.9 Å². The van der Waals surface area contributed by atoms with Crippen LogP contribution in [0.25, 0.3) is 11.0 Å². The molecule has 1 heterocycles. The number of carbonyl (C=O) groups is 1. The highest BCUT2D eigenvalue weighted by atomic mass is 16.1. The molecule has 1 amide bonds. The third-order valence-electron chi connectivity index (χ3n) is 3.16. The van der Waals surface area contributed by atoms with E-state index in [-0.39, 0.29) is 5.91 Å². The van der Waals surface area contributed by atoms with Crippen LogP contribution in [0.3, 0.4) is 0 Å². The van der Waals surface area contributed by atoms with Crippen molar-refractivity contribution in [1.82, 2.24) is 9.97 Å². The first-order valence-electron chi connectivity index (χ1n) is 6.30. The van der Waals surface area contributed by atoms with Crippen LogP contribution in [0.4, 0.5) is 5.69 Å². The highest BCUT2D eigenvalue weighted by Crippen LogP contribution is 2.17. The van der Waals surface area contributed by atoms with E-state index in [1.165, 1.54) is 0 Å². The minimum absolute atomic E-state index is 0.162. The number of amides is 1. The van der Waals surface area contributed by atoms with Gasteiger partial charge in [-0.1, -0.05) is 18.2 Å². The summed E-state index contributed by atoms with van der Waals surface area (Å²) in [5.74, 6) is -0.162. The van der Waals surface area contributed by atoms with E-state index in [0.29, 0.717) is 12.1 Å². The van der Waals surface area contributed by atoms with Crippen LogP contribution < -0.4 is 11.1 Å². The van der Waals surface area contributed by atoms with Crippen LogP contribution in [-0.4, -0.2) is 15.9 Å². The molecule has 0 aliphatic rings. The summed E-state index contributed by atoms with van der Waals surface area (Å²) in [4.78, 5) is 19.4. The molecule has 3 rings (SSSR count). The number of benzene rings is 2. The summed E-state index contributed by atoms with van der Waals surface area (Å²) in [7, 11) is 0. The lowest BCUT2D eigenvalue weighted by molar-refractivity contribution is 0.102. The van der Waals surface area contributed by atoms with Gasteiger partial charge in [-0.3, -0.25) is 4.79 Å². The van der Waals surface area contributed by atoms with Gasteiger partial charge in [-0.15, -0.1) is 0 Å². The van der Waals surface area contributed by atoms with Crippen LogP contribution in [0.2, 0.25) is 0 Å². The number of H-pyrrole nitrogens is 1. The molecule has 0 fully saturated rings. The maximum Gasteiger partial charge on any atom is 0.255 e. The largest absolute Gasteiger partial charge is 0.345 e. The number of anilines is 1. The van der Waals surface area contributed by atoms with Gasteiger partial charge in [0.15, 0.2) is 0 Å². The van der Waals surface area contributed by atoms with Gasteiger partial charge in [0.2, 0.25) is 0 Å². The summed E-state index contributed by atoms with van der Waals surface area (Å²) in [5.41, 5.74) is 9.54. The SMILES string of the molecule is NCc1ccccc1C(=O)Nc1ccc2nc[nH]c2c1. The number of hydrogen-bond acceptors (Lipinski definition) is 3. The Bertz CT molecular complexity index is 763. The van der Waals surface area contributed by atoms with E-state index in [0.717, 1.165) is 22.3 Å². The molecule has 4 N–H and O–H groups in total. The fourth-order valence-corrected chi connectivity index (χ4v) is 2.13. The summed E-state index contributed by atoms with van der Waals surface area (Å²) < 4.78 is 0. The molecule has 20 heavy (non-hydrogen) atoms. The average molecular weight is 266 g/mol. The van der Waals surface area contributed by atoms with E-state index in [2.05, 4.69) is 15.3 Å². The lowest BCUT2D eigenvalue weighted by atomic mass is 10.1. The molecule has 100 valence electrons. The summed E-state index contributed by atoms with van der Waals surface area (Å²) >= 11 is 0. The molecule has 0 spiro atoms. The van der Waals surface area contributed by atoms with Crippen LogP contribution in [0.15, 0.2) is 48.8 Å². The lowest BCUT2D eigenvalue weighted by Crippen LogP contribution is -2.15. The fraction of sp³-hybridized carbons (Fsp3) is 0.0667. The normalized spacial score (nSPS) is 10.7. The Hall–Kier alpha value is -2.66. The molecular formula is C15H14N4O. The average Bonchev–Trinajstić information content (AvgIpc) is 2.94. The molecule has 0 atom stereocenters. The number of fused-ring (bicyclic) bond motifs is 1. The van der Waals surface area contributed by atoms with Crippen molar-refractivity contribution < 1.29 is 4.79 Å². The molecule has 0 aliphatic carbocycles. The van der Waals surface area contributed by atoms with Crippen molar-refractivity contribution in [2.45, 2.75) is 6.54 Å². The predicted octanol–water partition coefficient (Wildman–Crippen LogP) is 2.27. The van der Waals surface area contributed by atoms with Gasteiger partial charge in [0.1, 0.15) is 0 Å². The van der Waals surface area contributed by atoms with E-state index in [1.807, 2.05) is 36.4 Å². The van der Waals surface area contributed by atoms with E-state index >= 15 is 0 Å². The molecule has 2 aromatic carbocycles. The Morgan fingerprint density at radius 1 is 1.25 bits per heavy atom. The maximum atomic E-state index is 12.3. The first kappa shape index (κ1) is 12.4. The number of aromatic amines is 1. The third kappa shape index (κ3) is 2.26. The lowest BCUT2D eigenvalue weighted by Gasteiger charge is -2.08. The van der Waals surface area contributed by atoms with Crippen molar-refractivity contribution in [3.05, 3.63) is 59.9 Å². The second-order valence-corrected chi connectivity index (χ2v) is 4.45. The Kier molecular flexibility index (Phi) is 3.18. The highest BCUT2D eigenvalue weighted by molar-refractivity contribution is 6.05. The van der Waals surface area contributed by atoms with E-state index in [4.69, 9.17) is 5.73 Å². The standard InChI is InChI=1S/C15H14N4O/c16-8-10-3-1-2-4-12(10)15(20)19-11-5-6-13-14(7-11)18-9-17-13/h1-7,9H,8,16H2,(H,17,18)(H,19,20). The zero-order chi connectivity index (χ0) is 13.9. The van der Waals surface area contributed by atoms with Crippen molar-refractivity contribution in [2.75, 3.05) is 5.32 Å². The van der Waals surface area contributed by atoms with Gasteiger partial charge in [0, 0.05) is 17.8 Å². The molecule has 3 aromatic rings. The highest BCUT2D eigenvalue weighted by Gasteiger charge is 2.10. The van der Waals surface area contributed by atoms with Gasteiger partial charge >= 0.3 is 0 Å². The minimum atomic E-state index is -0.162. The monoisotopic (exact) mass is 266 g/mol. The number of carbonyl (C=O) groups excluding carboxylic acids is 1. The van der Waals surface area contributed by atoms with Gasteiger partial charge < -0.3 is 16.0 Å². The van der Waals surface area contributed by atoms with Gasteiger partial charge in [-0.05, 0) is 29.8 Å². The quantitative estimate of drug-likeness (QED) is 0.680. The van der Waals surface area contributed by atoms with E-state index in [9.17, 15) is 4.79 Å². The number of nitrogens with zero attached hydrogens (tertiary/aromatic N) is 1. The summed E-state index contributed by atoms with van der Waals surface area (Å²) in [5, 5.41) is 2.87. The number of hydrogen-bond donors (Lipinski definition) is 3. The first-order valence-corrected chi connectivity index (χ1v) is 6.30. The Labute approximate surface area is 115 Å². The van der Waals surface area contributed by atoms with E-state index in [1.54, 1.807) is 12.4 Å². The van der Waals surface area contributed by atoms with Crippen LogP contribution in [-0.2, 0) is 6.54 Å². The Morgan fingerprint density at radius 3 is 2.95 bits per heavy atom. The van der Waals surface area contributed by atoms with E-state index < -0.39 is 0 Å². The number of imidazole rings is 1. The van der Waals surface area contributed by atoms with Crippen LogP contribution in [0.5, 0.6) is 0 Å². The molecule has 5 heteroatoms. The summed E-state index contributed by atoms with van der Waals surface area (Å²) in [6.07, 6.45) is 1.62. The second kappa shape index (κ2) is 5.14. The molecule has 0 unspecified atom stereocenters. The number of nitrogens with one attached hydrogen (secondary N) is 2. The van der Waals surface area contributed by atoms with Crippen LogP contribution in [0, 0.1) is 0 Å². The minimum Gasteiger partial charge on any atom is -0.345 e. The van der Waals surface area contributed by atoms with Gasteiger partial charge in [-0.2, -0.15) is 0 Å². The zero-order valence-electron chi connectivity index (χ0n) is 10.8. The second-order valence-electron chi connectivity index (χ2n) is 4.45. The van der Waals surface area contributed by atoms with Gasteiger partial charge in [0.25, 0.3) is 5.91 Å². The van der Waals surface area contributed by atoms with Crippen molar-refractivity contribution in [3.63, 3.8) is 0 Å². The molecule has 0 aliphatic heterocycles. The summed E-state index contributed by atoms with van der Waals surface area (Å²) in [6.45, 7) is 0.336. The Balaban J connectivity index is 1.88. The fourth-order valence-electron chi connectivity index (χ4n) is 2.13. The summed E-state index contributed by atoms with van der Waals surface area (Å²) in [6, 6.07) is 12.9. The van der Waals surface area contributed by atoms with Crippen LogP contribution >= 0.6 is 0 Å². The maximum absolute atomic E-state index is 12.3. The third-order valence-corrected chi connectivity index (χ3v) is 3.16. The first-order chi connectivity index (χ1) is 9.78. The molecule has 0 radical (unpaired) electrons. The number of aromatic nitrogens is 2. The number of nitrogens with two attached hydrogens (primary N) is 1. The van der Waals surface area contributed by atoms with Crippen molar-refractivity contribution in [2.24, 2.45) is 5.73 Å². The number of rotatable bonds is 3. The smallest absolute Gasteiger partial charge is 0.255 e. The molecule has 0 saturated carbocycles. The van der Waals surface area contributed by atoms with Crippen molar-refractivity contribution >= 4 is 22.6 Å². The topological polar surface area (TPSA) is 83.8 Å². The molecule has 0 saturated heterocycles. The predicted molar refractivity (Wildman–Crippen MR) is 78.4 cm³/mol. The Morgan fingerprint density at radius 2 is 2.10 bits per heavy atom. The molecule has 1 aromatic heterocycles. The zero-order valence-corrected chi connectivity index (χ0v) is 10.8. The van der Waals surface area contributed by atoms with Crippen molar-refractivity contribution in [1.29, 1.82) is 0 Å². The molecule has 0 bridgehead atoms. The molecule has 5 nitrogen and oxygen atoms in total. The van der Waals surface area contributed by atoms with Crippen molar-refractivity contribution in [3.8, 4) is 0 Å². The van der Waals surface area contributed by atoms with Gasteiger partial charge in [0.05, 0.1) is 17.4 Å². The van der Waals surface area contributed by atoms with Gasteiger partial charge in [-0.25, -0.2) is 4.98 Å².